The van der Waals surface area contributed by atoms with Crippen LogP contribution in [-0.2, 0) is 7.05 Å². The summed E-state index contributed by atoms with van der Waals surface area (Å²) in [5.41, 5.74) is 6.77. The summed E-state index contributed by atoms with van der Waals surface area (Å²) >= 11 is 0. The molecule has 1 aliphatic rings. The molecule has 8 heteroatoms. The molecule has 0 radical (unpaired) electrons. The number of hydrogen-bond donors (Lipinski definition) is 2. The van der Waals surface area contributed by atoms with E-state index in [4.69, 9.17) is 0 Å². The van der Waals surface area contributed by atoms with Crippen LogP contribution in [-0.4, -0.2) is 70.1 Å². The van der Waals surface area contributed by atoms with E-state index in [0.717, 1.165) is 61.8 Å². The number of carbonyl (C=O) groups is 1. The number of piperazine rings is 1. The van der Waals surface area contributed by atoms with Crippen LogP contribution in [0, 0.1) is 20.8 Å². The van der Waals surface area contributed by atoms with Crippen LogP contribution in [0.1, 0.15) is 33.9 Å². The molecule has 32 heavy (non-hydrogen) atoms. The largest absolute Gasteiger partial charge is 0.369 e. The molecule has 8 nitrogen and oxygen atoms in total. The maximum absolute atomic E-state index is 12.5. The smallest absolute Gasteiger partial charge is 0.269 e. The number of carbonyl (C=O) groups excluding carboxylic acids is 1. The SMILES string of the molecule is Cc1cccc(N2CCN(CCCNC(=O)c3cc(-c4c(C)nn(C)c4C)n[nH]3)CC2)c1. The first-order chi connectivity index (χ1) is 15.4. The fourth-order valence-electron chi connectivity index (χ4n) is 4.36. The fourth-order valence-corrected chi connectivity index (χ4v) is 4.36. The molecule has 1 fully saturated rings. The second kappa shape index (κ2) is 9.56. The topological polar surface area (TPSA) is 82.1 Å². The van der Waals surface area contributed by atoms with E-state index in [1.165, 1.54) is 11.3 Å². The number of nitrogens with one attached hydrogen (secondary N) is 2. The molecule has 1 saturated heterocycles. The number of hydrogen-bond acceptors (Lipinski definition) is 5. The van der Waals surface area contributed by atoms with E-state index in [9.17, 15) is 4.79 Å². The lowest BCUT2D eigenvalue weighted by molar-refractivity contribution is 0.0946. The lowest BCUT2D eigenvalue weighted by atomic mass is 10.1. The zero-order chi connectivity index (χ0) is 22.7. The van der Waals surface area contributed by atoms with Crippen molar-refractivity contribution in [3.8, 4) is 11.3 Å². The molecule has 1 aromatic carbocycles. The maximum atomic E-state index is 12.5. The Labute approximate surface area is 189 Å². The maximum Gasteiger partial charge on any atom is 0.269 e. The van der Waals surface area contributed by atoms with Crippen LogP contribution >= 0.6 is 0 Å². The molecule has 0 aliphatic carbocycles. The quantitative estimate of drug-likeness (QED) is 0.558. The van der Waals surface area contributed by atoms with Gasteiger partial charge in [0.2, 0.25) is 0 Å². The summed E-state index contributed by atoms with van der Waals surface area (Å²) < 4.78 is 1.83. The fraction of sp³-hybridized carbons (Fsp3) is 0.458. The average molecular weight is 436 g/mol. The molecule has 1 aliphatic heterocycles. The molecule has 1 amide bonds. The molecule has 170 valence electrons. The predicted molar refractivity (Wildman–Crippen MR) is 127 cm³/mol. The highest BCUT2D eigenvalue weighted by atomic mass is 16.1. The number of aromatic amines is 1. The Hall–Kier alpha value is -3.13. The van der Waals surface area contributed by atoms with Crippen LogP contribution in [0.5, 0.6) is 0 Å². The molecule has 3 aromatic rings. The van der Waals surface area contributed by atoms with Crippen LogP contribution < -0.4 is 10.2 Å². The molecule has 0 spiro atoms. The van der Waals surface area contributed by atoms with E-state index in [2.05, 4.69) is 61.6 Å². The number of aromatic nitrogens is 4. The third-order valence-corrected chi connectivity index (χ3v) is 6.26. The highest BCUT2D eigenvalue weighted by Crippen LogP contribution is 2.25. The molecule has 3 heterocycles. The summed E-state index contributed by atoms with van der Waals surface area (Å²) in [4.78, 5) is 17.4. The summed E-state index contributed by atoms with van der Waals surface area (Å²) in [5, 5.41) is 14.6. The van der Waals surface area contributed by atoms with Gasteiger partial charge in [0, 0.05) is 56.7 Å². The highest BCUT2D eigenvalue weighted by molar-refractivity contribution is 5.93. The van der Waals surface area contributed by atoms with Crippen molar-refractivity contribution in [3.63, 3.8) is 0 Å². The Balaban J connectivity index is 1.20. The summed E-state index contributed by atoms with van der Waals surface area (Å²) in [6.45, 7) is 11.9. The van der Waals surface area contributed by atoms with Crippen molar-refractivity contribution in [1.82, 2.24) is 30.2 Å². The van der Waals surface area contributed by atoms with Gasteiger partial charge in [-0.15, -0.1) is 0 Å². The van der Waals surface area contributed by atoms with Gasteiger partial charge in [-0.25, -0.2) is 0 Å². The first kappa shape index (κ1) is 22.1. The minimum Gasteiger partial charge on any atom is -0.369 e. The summed E-state index contributed by atoms with van der Waals surface area (Å²) in [5.74, 6) is -0.118. The van der Waals surface area contributed by atoms with E-state index in [1.54, 1.807) is 6.07 Å². The Morgan fingerprint density at radius 1 is 1.12 bits per heavy atom. The van der Waals surface area contributed by atoms with Gasteiger partial charge in [-0.2, -0.15) is 10.2 Å². The van der Waals surface area contributed by atoms with Gasteiger partial charge in [-0.1, -0.05) is 12.1 Å². The highest BCUT2D eigenvalue weighted by Gasteiger charge is 2.18. The first-order valence-electron chi connectivity index (χ1n) is 11.3. The summed E-state index contributed by atoms with van der Waals surface area (Å²) in [6.07, 6.45) is 0.929. The van der Waals surface area contributed by atoms with Crippen molar-refractivity contribution >= 4 is 11.6 Å². The van der Waals surface area contributed by atoms with Crippen molar-refractivity contribution in [1.29, 1.82) is 0 Å². The number of aryl methyl sites for hydroxylation is 3. The van der Waals surface area contributed by atoms with E-state index in [-0.39, 0.29) is 5.91 Å². The van der Waals surface area contributed by atoms with Gasteiger partial charge in [-0.05, 0) is 57.5 Å². The number of anilines is 1. The molecule has 2 aromatic heterocycles. The van der Waals surface area contributed by atoms with Crippen molar-refractivity contribution in [2.24, 2.45) is 7.05 Å². The monoisotopic (exact) mass is 435 g/mol. The predicted octanol–water partition coefficient (Wildman–Crippen LogP) is 2.68. The van der Waals surface area contributed by atoms with Crippen LogP contribution in [0.3, 0.4) is 0 Å². The van der Waals surface area contributed by atoms with E-state index < -0.39 is 0 Å². The van der Waals surface area contributed by atoms with Gasteiger partial charge in [0.05, 0.1) is 11.4 Å². The van der Waals surface area contributed by atoms with Gasteiger partial charge < -0.3 is 10.2 Å². The minimum absolute atomic E-state index is 0.118. The number of rotatable bonds is 7. The van der Waals surface area contributed by atoms with Gasteiger partial charge >= 0.3 is 0 Å². The Morgan fingerprint density at radius 3 is 2.59 bits per heavy atom. The molecule has 0 unspecified atom stereocenters. The van der Waals surface area contributed by atoms with Gasteiger partial charge in [0.15, 0.2) is 0 Å². The van der Waals surface area contributed by atoms with Gasteiger partial charge in [-0.3, -0.25) is 19.5 Å². The normalized spacial score (nSPS) is 14.7. The standard InChI is InChI=1S/C24H33N7O/c1-17-7-5-8-20(15-17)31-13-11-30(12-14-31)10-6-9-25-24(32)22-16-21(26-27-22)23-18(2)28-29(4)19(23)3/h5,7-8,15-16H,6,9-14H2,1-4H3,(H,25,32)(H,26,27). The van der Waals surface area contributed by atoms with E-state index >= 15 is 0 Å². The molecular weight excluding hydrogens is 402 g/mol. The molecule has 0 atom stereocenters. The summed E-state index contributed by atoms with van der Waals surface area (Å²) in [6, 6.07) is 10.5. The zero-order valence-corrected chi connectivity index (χ0v) is 19.5. The number of benzene rings is 1. The van der Waals surface area contributed by atoms with E-state index in [0.29, 0.717) is 12.2 Å². The third kappa shape index (κ3) is 4.85. The third-order valence-electron chi connectivity index (χ3n) is 6.26. The van der Waals surface area contributed by atoms with Crippen molar-refractivity contribution < 1.29 is 4.79 Å². The van der Waals surface area contributed by atoms with Crippen molar-refractivity contribution in [3.05, 3.63) is 53.0 Å². The number of nitrogens with zero attached hydrogens (tertiary/aromatic N) is 5. The number of H-pyrrole nitrogens is 1. The van der Waals surface area contributed by atoms with Crippen LogP contribution in [0.15, 0.2) is 30.3 Å². The molecule has 0 saturated carbocycles. The van der Waals surface area contributed by atoms with Gasteiger partial charge in [0.1, 0.15) is 5.69 Å². The second-order valence-electron chi connectivity index (χ2n) is 8.61. The molecule has 4 rings (SSSR count). The zero-order valence-electron chi connectivity index (χ0n) is 19.5. The van der Waals surface area contributed by atoms with Crippen LogP contribution in [0.4, 0.5) is 5.69 Å². The molecule has 2 N–H and O–H groups in total. The lowest BCUT2D eigenvalue weighted by Crippen LogP contribution is -2.47. The lowest BCUT2D eigenvalue weighted by Gasteiger charge is -2.36. The van der Waals surface area contributed by atoms with Crippen molar-refractivity contribution in [2.75, 3.05) is 44.2 Å². The van der Waals surface area contributed by atoms with Crippen molar-refractivity contribution in [2.45, 2.75) is 27.2 Å². The second-order valence-corrected chi connectivity index (χ2v) is 8.61. The molecule has 0 bridgehead atoms. The average Bonchev–Trinajstić information content (AvgIpc) is 3.35. The Bertz CT molecular complexity index is 1080. The van der Waals surface area contributed by atoms with Crippen LogP contribution in [0.2, 0.25) is 0 Å². The van der Waals surface area contributed by atoms with E-state index in [1.807, 2.05) is 25.6 Å². The minimum atomic E-state index is -0.118. The summed E-state index contributed by atoms with van der Waals surface area (Å²) in [7, 11) is 1.91. The van der Waals surface area contributed by atoms with Crippen LogP contribution in [0.25, 0.3) is 11.3 Å². The Morgan fingerprint density at radius 2 is 1.91 bits per heavy atom. The van der Waals surface area contributed by atoms with Gasteiger partial charge in [0.25, 0.3) is 5.91 Å². The number of amides is 1. The molecular formula is C24H33N7O. The Kier molecular flexibility index (Phi) is 6.60. The first-order valence-corrected chi connectivity index (χ1v) is 11.3.